The second kappa shape index (κ2) is 9.83. The second-order valence-electron chi connectivity index (χ2n) is 5.06. The van der Waals surface area contributed by atoms with E-state index in [0.29, 0.717) is 6.42 Å². The lowest BCUT2D eigenvalue weighted by Crippen LogP contribution is -2.21. The van der Waals surface area contributed by atoms with Gasteiger partial charge in [-0.05, 0) is 42.8 Å². The van der Waals surface area contributed by atoms with Gasteiger partial charge in [0.15, 0.2) is 0 Å². The quantitative estimate of drug-likeness (QED) is 0.561. The van der Waals surface area contributed by atoms with E-state index in [0.717, 1.165) is 31.7 Å². The summed E-state index contributed by atoms with van der Waals surface area (Å²) in [5.41, 5.74) is 1.33. The predicted molar refractivity (Wildman–Crippen MR) is 87.1 cm³/mol. The molecule has 0 heterocycles. The molecule has 0 aliphatic rings. The van der Waals surface area contributed by atoms with Gasteiger partial charge in [0.25, 0.3) is 0 Å². The number of hydrogen-bond acceptors (Lipinski definition) is 3. The van der Waals surface area contributed by atoms with Crippen molar-refractivity contribution in [3.05, 3.63) is 29.8 Å². The smallest absolute Gasteiger partial charge is 0.222 e. The molecule has 1 amide bonds. The lowest BCUT2D eigenvalue weighted by Gasteiger charge is -2.10. The van der Waals surface area contributed by atoms with Crippen LogP contribution in [0.5, 0.6) is 0 Å². The average Bonchev–Trinajstić information content (AvgIpc) is 2.44. The molecular formula is C16H26N2OS. The van der Waals surface area contributed by atoms with E-state index in [9.17, 15) is 4.79 Å². The van der Waals surface area contributed by atoms with Gasteiger partial charge in [-0.25, -0.2) is 0 Å². The van der Waals surface area contributed by atoms with E-state index in [1.807, 2.05) is 25.9 Å². The number of nitrogens with one attached hydrogen (secondary N) is 1. The summed E-state index contributed by atoms with van der Waals surface area (Å²) in [7, 11) is 3.62. The lowest BCUT2D eigenvalue weighted by molar-refractivity contribution is -0.128. The third-order valence-electron chi connectivity index (χ3n) is 2.96. The number of thioether (sulfide) groups is 1. The highest BCUT2D eigenvalue weighted by atomic mass is 32.2. The first kappa shape index (κ1) is 17.1. The first-order chi connectivity index (χ1) is 9.63. The van der Waals surface area contributed by atoms with Crippen LogP contribution in [0.4, 0.5) is 0 Å². The minimum Gasteiger partial charge on any atom is -0.349 e. The average molecular weight is 294 g/mol. The van der Waals surface area contributed by atoms with Gasteiger partial charge in [-0.15, -0.1) is 11.8 Å². The molecule has 0 spiro atoms. The molecule has 0 fully saturated rings. The molecule has 0 atom stereocenters. The molecule has 0 saturated heterocycles. The van der Waals surface area contributed by atoms with Gasteiger partial charge < -0.3 is 10.2 Å². The molecule has 0 aromatic heterocycles. The number of benzene rings is 1. The monoisotopic (exact) mass is 294 g/mol. The molecule has 0 aliphatic heterocycles. The van der Waals surface area contributed by atoms with E-state index in [4.69, 9.17) is 0 Å². The number of carbonyl (C=O) groups excluding carboxylic acids is 1. The van der Waals surface area contributed by atoms with Gasteiger partial charge in [0.2, 0.25) is 5.91 Å². The lowest BCUT2D eigenvalue weighted by atomic mass is 10.2. The molecule has 0 radical (unpaired) electrons. The van der Waals surface area contributed by atoms with Gasteiger partial charge in [0.1, 0.15) is 0 Å². The van der Waals surface area contributed by atoms with Crippen molar-refractivity contribution in [3.8, 4) is 0 Å². The number of hydrogen-bond donors (Lipinski definition) is 1. The number of rotatable bonds is 9. The largest absolute Gasteiger partial charge is 0.349 e. The zero-order chi connectivity index (χ0) is 14.8. The van der Waals surface area contributed by atoms with Gasteiger partial charge >= 0.3 is 0 Å². The van der Waals surface area contributed by atoms with Gasteiger partial charge in [-0.3, -0.25) is 4.79 Å². The summed E-state index contributed by atoms with van der Waals surface area (Å²) in [6.07, 6.45) is 2.73. The Morgan fingerprint density at radius 1 is 1.35 bits per heavy atom. The van der Waals surface area contributed by atoms with Crippen LogP contribution in [-0.4, -0.2) is 37.2 Å². The highest BCUT2D eigenvalue weighted by molar-refractivity contribution is 7.99. The van der Waals surface area contributed by atoms with Crippen LogP contribution in [0, 0.1) is 0 Å². The number of nitrogens with zero attached hydrogens (tertiary/aromatic N) is 1. The summed E-state index contributed by atoms with van der Waals surface area (Å²) >= 11 is 1.83. The summed E-state index contributed by atoms with van der Waals surface area (Å²) in [4.78, 5) is 14.4. The van der Waals surface area contributed by atoms with Crippen molar-refractivity contribution < 1.29 is 4.79 Å². The van der Waals surface area contributed by atoms with Crippen molar-refractivity contribution in [3.63, 3.8) is 0 Å². The SMILES string of the molecule is CCCNCc1cccc(SCCCC(=O)N(C)C)c1. The molecule has 1 N–H and O–H groups in total. The van der Waals surface area contributed by atoms with E-state index in [2.05, 4.69) is 36.5 Å². The van der Waals surface area contributed by atoms with Crippen molar-refractivity contribution in [1.82, 2.24) is 10.2 Å². The summed E-state index contributed by atoms with van der Waals surface area (Å²) in [5, 5.41) is 3.41. The Labute approximate surface area is 127 Å². The summed E-state index contributed by atoms with van der Waals surface area (Å²) in [6.45, 7) is 4.17. The standard InChI is InChI=1S/C16H26N2OS/c1-4-10-17-13-14-7-5-8-15(12-14)20-11-6-9-16(19)18(2)3/h5,7-8,12,17H,4,6,9-11,13H2,1-3H3. The fraction of sp³-hybridized carbons (Fsp3) is 0.562. The fourth-order valence-electron chi connectivity index (χ4n) is 1.79. The molecule has 1 aromatic carbocycles. The van der Waals surface area contributed by atoms with Crippen molar-refractivity contribution in [2.24, 2.45) is 0 Å². The second-order valence-corrected chi connectivity index (χ2v) is 6.23. The normalized spacial score (nSPS) is 10.6. The summed E-state index contributed by atoms with van der Waals surface area (Å²) in [6, 6.07) is 8.64. The van der Waals surface area contributed by atoms with Crippen molar-refractivity contribution >= 4 is 17.7 Å². The molecular weight excluding hydrogens is 268 g/mol. The molecule has 0 saturated carbocycles. The molecule has 1 rings (SSSR count). The fourth-order valence-corrected chi connectivity index (χ4v) is 2.73. The van der Waals surface area contributed by atoms with E-state index in [-0.39, 0.29) is 5.91 Å². The maximum absolute atomic E-state index is 11.5. The Kier molecular flexibility index (Phi) is 8.38. The maximum atomic E-state index is 11.5. The molecule has 112 valence electrons. The summed E-state index contributed by atoms with van der Waals surface area (Å²) < 4.78 is 0. The first-order valence-corrected chi connectivity index (χ1v) is 8.24. The Morgan fingerprint density at radius 2 is 2.15 bits per heavy atom. The zero-order valence-corrected chi connectivity index (χ0v) is 13.6. The Balaban J connectivity index is 2.29. The van der Waals surface area contributed by atoms with Crippen LogP contribution in [-0.2, 0) is 11.3 Å². The van der Waals surface area contributed by atoms with Gasteiger partial charge in [0.05, 0.1) is 0 Å². The number of carbonyl (C=O) groups is 1. The third-order valence-corrected chi connectivity index (χ3v) is 4.04. The minimum absolute atomic E-state index is 0.211. The van der Waals surface area contributed by atoms with Gasteiger partial charge in [0, 0.05) is 32.0 Å². The highest BCUT2D eigenvalue weighted by Crippen LogP contribution is 2.20. The van der Waals surface area contributed by atoms with E-state index in [1.54, 1.807) is 4.90 Å². The Morgan fingerprint density at radius 3 is 2.85 bits per heavy atom. The van der Waals surface area contributed by atoms with E-state index < -0.39 is 0 Å². The molecule has 4 heteroatoms. The topological polar surface area (TPSA) is 32.3 Å². The van der Waals surface area contributed by atoms with Crippen molar-refractivity contribution in [2.75, 3.05) is 26.4 Å². The van der Waals surface area contributed by atoms with E-state index >= 15 is 0 Å². The highest BCUT2D eigenvalue weighted by Gasteiger charge is 2.03. The molecule has 20 heavy (non-hydrogen) atoms. The molecule has 0 aliphatic carbocycles. The van der Waals surface area contributed by atoms with Gasteiger partial charge in [-0.2, -0.15) is 0 Å². The third kappa shape index (κ3) is 6.96. The van der Waals surface area contributed by atoms with Crippen LogP contribution >= 0.6 is 11.8 Å². The van der Waals surface area contributed by atoms with E-state index in [1.165, 1.54) is 10.5 Å². The maximum Gasteiger partial charge on any atom is 0.222 e. The van der Waals surface area contributed by atoms with Crippen molar-refractivity contribution in [1.29, 1.82) is 0 Å². The molecule has 3 nitrogen and oxygen atoms in total. The minimum atomic E-state index is 0.211. The van der Waals surface area contributed by atoms with Gasteiger partial charge in [-0.1, -0.05) is 19.1 Å². The Hall–Kier alpha value is -1.00. The predicted octanol–water partition coefficient (Wildman–Crippen LogP) is 3.15. The van der Waals surface area contributed by atoms with Crippen LogP contribution < -0.4 is 5.32 Å². The van der Waals surface area contributed by atoms with Crippen LogP contribution in [0.15, 0.2) is 29.2 Å². The van der Waals surface area contributed by atoms with Crippen LogP contribution in [0.2, 0.25) is 0 Å². The Bertz CT molecular complexity index is 407. The molecule has 1 aromatic rings. The first-order valence-electron chi connectivity index (χ1n) is 7.26. The molecule has 0 bridgehead atoms. The van der Waals surface area contributed by atoms with Crippen LogP contribution in [0.1, 0.15) is 31.7 Å². The van der Waals surface area contributed by atoms with Crippen LogP contribution in [0.25, 0.3) is 0 Å². The zero-order valence-electron chi connectivity index (χ0n) is 12.8. The van der Waals surface area contributed by atoms with Crippen LogP contribution in [0.3, 0.4) is 0 Å². The number of amides is 1. The molecule has 0 unspecified atom stereocenters. The summed E-state index contributed by atoms with van der Waals surface area (Å²) in [5.74, 6) is 1.20. The van der Waals surface area contributed by atoms with Crippen molar-refractivity contribution in [2.45, 2.75) is 37.6 Å².